The number of aromatic nitrogens is 1. The Morgan fingerprint density at radius 1 is 1.05 bits per heavy atom. The van der Waals surface area contributed by atoms with Gasteiger partial charge in [-0.2, -0.15) is 31.6 Å². The molecule has 2 saturated heterocycles. The first-order valence-corrected chi connectivity index (χ1v) is 18.4. The number of carbonyl (C=O) groups is 3. The van der Waals surface area contributed by atoms with Crippen molar-refractivity contribution in [1.29, 1.82) is 5.26 Å². The lowest BCUT2D eigenvalue weighted by Gasteiger charge is -2.51. The maximum atomic E-state index is 14.9. The molecule has 2 aliphatic rings. The summed E-state index contributed by atoms with van der Waals surface area (Å²) >= 11 is 0.327. The van der Waals surface area contributed by atoms with E-state index >= 15 is 0 Å². The Labute approximate surface area is 315 Å². The monoisotopic (exact) mass is 798 g/mol. The number of carbonyl (C=O) groups excluding carboxylic acids is 2. The molecule has 55 heavy (non-hydrogen) atoms. The Morgan fingerprint density at radius 2 is 1.78 bits per heavy atom. The lowest BCUT2D eigenvalue weighted by molar-refractivity contribution is -0.160. The molecule has 1 aromatic carbocycles. The highest BCUT2D eigenvalue weighted by Crippen LogP contribution is 2.45. The van der Waals surface area contributed by atoms with Crippen LogP contribution in [0.3, 0.4) is 0 Å². The molecule has 5 rings (SSSR count). The maximum Gasteiger partial charge on any atom is 0.425 e. The summed E-state index contributed by atoms with van der Waals surface area (Å²) in [5.41, 5.74) is -5.45. The highest BCUT2D eigenvalue weighted by molar-refractivity contribution is 7.10. The molecule has 0 spiro atoms. The van der Waals surface area contributed by atoms with Gasteiger partial charge in [0.25, 0.3) is 11.8 Å². The molecule has 18 heteroatoms. The molecule has 0 bridgehead atoms. The minimum atomic E-state index is -4.95. The van der Waals surface area contributed by atoms with E-state index in [1.54, 1.807) is 6.92 Å². The number of thiophene rings is 1. The fraction of sp³-hybridized carbons (Fsp3) is 0.486. The summed E-state index contributed by atoms with van der Waals surface area (Å²) in [4.78, 5) is 45.1. The third-order valence-electron chi connectivity index (χ3n) is 9.89. The SMILES string of the molecule is CCC[C@H]1N(C(=O)c2ncccc2C(F)(F)F)CCC[C@@]1(Oc1csc(C(F)(F)F)c1)C(=O)N1CCC(C#N)(c2cc(F)ccc2OCCCC(=O)O)CC1. The largest absolute Gasteiger partial charge is 0.493 e. The van der Waals surface area contributed by atoms with Crippen LogP contribution in [0.2, 0.25) is 0 Å². The van der Waals surface area contributed by atoms with Gasteiger partial charge in [-0.15, -0.1) is 11.3 Å². The van der Waals surface area contributed by atoms with Crippen LogP contribution in [-0.2, 0) is 27.4 Å². The highest BCUT2D eigenvalue weighted by atomic mass is 32.1. The van der Waals surface area contributed by atoms with Crippen molar-refractivity contribution in [3.63, 3.8) is 0 Å². The van der Waals surface area contributed by atoms with Crippen LogP contribution < -0.4 is 9.47 Å². The van der Waals surface area contributed by atoms with E-state index in [2.05, 4.69) is 11.1 Å². The van der Waals surface area contributed by atoms with Crippen LogP contribution in [0.4, 0.5) is 30.7 Å². The molecule has 3 aromatic rings. The van der Waals surface area contributed by atoms with Crippen LogP contribution in [0.1, 0.15) is 84.8 Å². The molecule has 2 aliphatic heterocycles. The number of alkyl halides is 6. The van der Waals surface area contributed by atoms with Gasteiger partial charge in [-0.05, 0) is 62.4 Å². The number of amides is 2. The Morgan fingerprint density at radius 3 is 2.40 bits per heavy atom. The van der Waals surface area contributed by atoms with E-state index in [0.717, 1.165) is 40.7 Å². The van der Waals surface area contributed by atoms with Crippen molar-refractivity contribution >= 4 is 29.1 Å². The molecule has 0 radical (unpaired) electrons. The number of pyridine rings is 1. The average Bonchev–Trinajstić information content (AvgIpc) is 3.63. The normalized spacial score (nSPS) is 20.1. The summed E-state index contributed by atoms with van der Waals surface area (Å²) in [6, 6.07) is 7.04. The van der Waals surface area contributed by atoms with Crippen molar-refractivity contribution in [3.05, 3.63) is 75.5 Å². The highest BCUT2D eigenvalue weighted by Gasteiger charge is 2.57. The summed E-state index contributed by atoms with van der Waals surface area (Å²) in [7, 11) is 0. The molecule has 2 aromatic heterocycles. The standard InChI is InChI=1S/C37H37F7N4O6S/c1-2-6-28-35(54-24-20-29(55-21-24)37(42,43)44,11-5-15-48(28)32(51)31-25(36(39,40)41)7-3-14-46-31)33(52)47-16-12-34(22-45,13-17-47)26-19-23(38)9-10-27(26)53-18-4-8-30(49)50/h3,7,9-10,14,19-21,28H,2,4-6,8,11-13,15-18H2,1H3,(H,49,50)/t28-,35+/m1/s1. The number of halogens is 7. The molecule has 296 valence electrons. The van der Waals surface area contributed by atoms with Crippen LogP contribution in [0.5, 0.6) is 11.5 Å². The summed E-state index contributed by atoms with van der Waals surface area (Å²) in [6.07, 6.45) is -8.57. The summed E-state index contributed by atoms with van der Waals surface area (Å²) in [5, 5.41) is 20.5. The lowest BCUT2D eigenvalue weighted by atomic mass is 9.72. The van der Waals surface area contributed by atoms with E-state index in [1.165, 1.54) is 11.0 Å². The van der Waals surface area contributed by atoms with Gasteiger partial charge in [0.15, 0.2) is 0 Å². The molecule has 2 amide bonds. The van der Waals surface area contributed by atoms with E-state index in [1.807, 2.05) is 0 Å². The zero-order valence-corrected chi connectivity index (χ0v) is 30.3. The van der Waals surface area contributed by atoms with Crippen LogP contribution >= 0.6 is 11.3 Å². The quantitative estimate of drug-likeness (QED) is 0.145. The number of rotatable bonds is 12. The smallest absolute Gasteiger partial charge is 0.425 e. The van der Waals surface area contributed by atoms with Crippen molar-refractivity contribution < 1.29 is 59.7 Å². The Hall–Kier alpha value is -4.92. The van der Waals surface area contributed by atoms with Crippen molar-refractivity contribution in [1.82, 2.24) is 14.8 Å². The molecule has 1 N–H and O–H groups in total. The van der Waals surface area contributed by atoms with Gasteiger partial charge in [-0.1, -0.05) is 13.3 Å². The second-order valence-electron chi connectivity index (χ2n) is 13.4. The first-order chi connectivity index (χ1) is 26.0. The first-order valence-electron chi connectivity index (χ1n) is 17.5. The third kappa shape index (κ3) is 8.82. The molecule has 2 atom stereocenters. The number of nitrogens with zero attached hydrogens (tertiary/aromatic N) is 4. The van der Waals surface area contributed by atoms with Crippen LogP contribution in [-0.4, -0.2) is 75.6 Å². The second kappa shape index (κ2) is 16.4. The Balaban J connectivity index is 1.51. The topological polar surface area (TPSA) is 133 Å². The number of nitriles is 1. The van der Waals surface area contributed by atoms with Crippen molar-refractivity contribution in [2.75, 3.05) is 26.2 Å². The molecular weight excluding hydrogens is 761 g/mol. The summed E-state index contributed by atoms with van der Waals surface area (Å²) in [6.45, 7) is 1.32. The minimum absolute atomic E-state index is 0.0176. The maximum absolute atomic E-state index is 14.9. The number of aliphatic carboxylic acids is 1. The van der Waals surface area contributed by atoms with Gasteiger partial charge in [0.1, 0.15) is 27.9 Å². The van der Waals surface area contributed by atoms with Crippen LogP contribution in [0.25, 0.3) is 0 Å². The molecule has 0 saturated carbocycles. The van der Waals surface area contributed by atoms with Crippen molar-refractivity contribution in [2.24, 2.45) is 0 Å². The van der Waals surface area contributed by atoms with Gasteiger partial charge in [0, 0.05) is 55.7 Å². The molecule has 0 unspecified atom stereocenters. The number of benzene rings is 1. The van der Waals surface area contributed by atoms with Gasteiger partial charge in [0.05, 0.1) is 29.7 Å². The number of carboxylic acids is 1. The molecule has 2 fully saturated rings. The van der Waals surface area contributed by atoms with Crippen LogP contribution in [0.15, 0.2) is 48.0 Å². The van der Waals surface area contributed by atoms with Gasteiger partial charge in [-0.25, -0.2) is 4.39 Å². The lowest BCUT2D eigenvalue weighted by Crippen LogP contribution is -2.68. The summed E-state index contributed by atoms with van der Waals surface area (Å²) in [5.74, 6) is -3.73. The van der Waals surface area contributed by atoms with Gasteiger partial charge in [0.2, 0.25) is 5.60 Å². The van der Waals surface area contributed by atoms with Gasteiger partial charge >= 0.3 is 18.3 Å². The Kier molecular flexibility index (Phi) is 12.3. The van der Waals surface area contributed by atoms with E-state index in [9.17, 15) is 50.4 Å². The molecule has 0 aliphatic carbocycles. The minimum Gasteiger partial charge on any atom is -0.493 e. The zero-order valence-electron chi connectivity index (χ0n) is 29.5. The van der Waals surface area contributed by atoms with Gasteiger partial charge in [-0.3, -0.25) is 19.4 Å². The van der Waals surface area contributed by atoms with E-state index in [4.69, 9.17) is 14.6 Å². The number of ether oxygens (including phenoxy) is 2. The van der Waals surface area contributed by atoms with Crippen molar-refractivity contribution in [3.8, 4) is 17.6 Å². The van der Waals surface area contributed by atoms with Gasteiger partial charge < -0.3 is 24.4 Å². The third-order valence-corrected chi connectivity index (χ3v) is 10.8. The zero-order chi connectivity index (χ0) is 40.2. The molecular formula is C37H37F7N4O6S. The first kappa shape index (κ1) is 41.2. The van der Waals surface area contributed by atoms with Crippen molar-refractivity contribution in [2.45, 2.75) is 87.7 Å². The van der Waals surface area contributed by atoms with Crippen LogP contribution in [0, 0.1) is 17.1 Å². The molecule has 4 heterocycles. The van der Waals surface area contributed by atoms with E-state index in [-0.39, 0.29) is 88.2 Å². The fourth-order valence-electron chi connectivity index (χ4n) is 7.28. The summed E-state index contributed by atoms with van der Waals surface area (Å²) < 4.78 is 110. The van der Waals surface area contributed by atoms with E-state index in [0.29, 0.717) is 23.8 Å². The molecule has 10 nitrogen and oxygen atoms in total. The fourth-order valence-corrected chi connectivity index (χ4v) is 7.96. The Bertz CT molecular complexity index is 1920. The second-order valence-corrected chi connectivity index (χ2v) is 14.3. The predicted molar refractivity (Wildman–Crippen MR) is 183 cm³/mol. The number of carboxylic acid groups (broad SMARTS) is 1. The van der Waals surface area contributed by atoms with E-state index < -0.39 is 69.1 Å². The predicted octanol–water partition coefficient (Wildman–Crippen LogP) is 7.87. The number of likely N-dealkylation sites (tertiary alicyclic amines) is 2. The average molecular weight is 799 g/mol. The number of piperidine rings is 2. The number of hydrogen-bond donors (Lipinski definition) is 1. The number of hydrogen-bond acceptors (Lipinski definition) is 8.